The van der Waals surface area contributed by atoms with E-state index in [1.165, 1.54) is 17.7 Å². The van der Waals surface area contributed by atoms with Crippen LogP contribution in [0.1, 0.15) is 33.0 Å². The summed E-state index contributed by atoms with van der Waals surface area (Å²) in [4.78, 5) is 38.9. The lowest BCUT2D eigenvalue weighted by Gasteiger charge is -2.29. The second-order valence-corrected chi connectivity index (χ2v) is 7.21. The lowest BCUT2D eigenvalue weighted by molar-refractivity contribution is 0.103. The average Bonchev–Trinajstić information content (AvgIpc) is 3.02. The molecule has 0 bridgehead atoms. The Morgan fingerprint density at radius 3 is 2.28 bits per heavy atom. The lowest BCUT2D eigenvalue weighted by Crippen LogP contribution is -2.43. The third kappa shape index (κ3) is 2.18. The molecule has 2 heterocycles. The molecule has 0 spiro atoms. The highest BCUT2D eigenvalue weighted by Crippen LogP contribution is 2.48. The maximum atomic E-state index is 14.9. The highest BCUT2D eigenvalue weighted by molar-refractivity contribution is 6.23. The van der Waals surface area contributed by atoms with Gasteiger partial charge in [-0.05, 0) is 6.07 Å². The van der Waals surface area contributed by atoms with Crippen molar-refractivity contribution in [3.05, 3.63) is 103 Å². The summed E-state index contributed by atoms with van der Waals surface area (Å²) in [7, 11) is 2.92. The molecular formula is C22H16FN3O3. The summed E-state index contributed by atoms with van der Waals surface area (Å²) >= 11 is 0. The van der Waals surface area contributed by atoms with Gasteiger partial charge in [-0.1, -0.05) is 42.5 Å². The molecule has 1 aliphatic heterocycles. The van der Waals surface area contributed by atoms with Crippen LogP contribution in [0.25, 0.3) is 5.70 Å². The van der Waals surface area contributed by atoms with Crippen molar-refractivity contribution in [3.63, 3.8) is 0 Å². The molecule has 2 aliphatic rings. The van der Waals surface area contributed by atoms with Gasteiger partial charge in [0.25, 0.3) is 5.56 Å². The van der Waals surface area contributed by atoms with Crippen molar-refractivity contribution >= 4 is 17.3 Å². The van der Waals surface area contributed by atoms with Crippen LogP contribution in [0.5, 0.6) is 0 Å². The first-order valence-corrected chi connectivity index (χ1v) is 9.11. The second-order valence-electron chi connectivity index (χ2n) is 7.21. The van der Waals surface area contributed by atoms with Gasteiger partial charge >= 0.3 is 5.69 Å². The van der Waals surface area contributed by atoms with Crippen LogP contribution in [0.3, 0.4) is 0 Å². The zero-order valence-electron chi connectivity index (χ0n) is 15.7. The molecular weight excluding hydrogens is 373 g/mol. The normalized spacial score (nSPS) is 16.9. The molecule has 2 aromatic carbocycles. The summed E-state index contributed by atoms with van der Waals surface area (Å²) in [6.07, 6.45) is 0. The van der Waals surface area contributed by atoms with Gasteiger partial charge in [0.2, 0.25) is 0 Å². The Morgan fingerprint density at radius 1 is 0.897 bits per heavy atom. The standard InChI is InChI=1S/C22H16FN3O3/c1-25-20-17(21(28)26(2)22(25)29)15(13-9-5-6-10-14(13)23)16-18(24-20)11-7-3-4-8-12(11)19(16)27/h3-10,15,24H,1-2H3/t15-/m0/s1. The van der Waals surface area contributed by atoms with E-state index in [9.17, 15) is 18.8 Å². The van der Waals surface area contributed by atoms with Gasteiger partial charge in [-0.25, -0.2) is 9.18 Å². The van der Waals surface area contributed by atoms with Gasteiger partial charge in [0.05, 0.1) is 17.2 Å². The number of aromatic nitrogens is 2. The monoisotopic (exact) mass is 389 g/mol. The summed E-state index contributed by atoms with van der Waals surface area (Å²) in [5.41, 5.74) is 1.33. The second kappa shape index (κ2) is 5.88. The number of rotatable bonds is 1. The number of nitrogens with one attached hydrogen (secondary N) is 1. The van der Waals surface area contributed by atoms with Crippen LogP contribution in [0.15, 0.2) is 63.7 Å². The van der Waals surface area contributed by atoms with E-state index in [1.54, 1.807) is 49.5 Å². The third-order valence-corrected chi connectivity index (χ3v) is 5.69. The number of fused-ring (bicyclic) bond motifs is 3. The van der Waals surface area contributed by atoms with E-state index < -0.39 is 23.0 Å². The summed E-state index contributed by atoms with van der Waals surface area (Å²) in [5.74, 6) is -1.42. The Hall–Kier alpha value is -3.74. The number of carbonyl (C=O) groups is 1. The van der Waals surface area contributed by atoms with E-state index >= 15 is 0 Å². The van der Waals surface area contributed by atoms with Crippen LogP contribution in [-0.4, -0.2) is 14.9 Å². The largest absolute Gasteiger partial charge is 0.340 e. The SMILES string of the molecule is Cn1c2c(c(=O)n(C)c1=O)[C@@H](c1ccccc1F)C1=C(N2)c2ccccc2C1=O. The maximum absolute atomic E-state index is 14.9. The number of anilines is 1. The van der Waals surface area contributed by atoms with E-state index in [0.717, 1.165) is 4.57 Å². The summed E-state index contributed by atoms with van der Waals surface area (Å²) in [6.45, 7) is 0. The highest BCUT2D eigenvalue weighted by Gasteiger charge is 2.43. The summed E-state index contributed by atoms with van der Waals surface area (Å²) in [5, 5.41) is 3.13. The first kappa shape index (κ1) is 17.4. The third-order valence-electron chi connectivity index (χ3n) is 5.69. The van der Waals surface area contributed by atoms with E-state index in [-0.39, 0.29) is 22.7 Å². The molecule has 0 radical (unpaired) electrons. The van der Waals surface area contributed by atoms with Crippen molar-refractivity contribution in [2.45, 2.75) is 5.92 Å². The van der Waals surface area contributed by atoms with Crippen molar-refractivity contribution < 1.29 is 9.18 Å². The number of ketones is 1. The van der Waals surface area contributed by atoms with Gasteiger partial charge in [-0.15, -0.1) is 0 Å². The van der Waals surface area contributed by atoms with Gasteiger partial charge in [0, 0.05) is 36.4 Å². The first-order chi connectivity index (χ1) is 13.9. The molecule has 144 valence electrons. The minimum absolute atomic E-state index is 0.180. The van der Waals surface area contributed by atoms with E-state index in [0.29, 0.717) is 22.4 Å². The lowest BCUT2D eigenvalue weighted by atomic mass is 9.81. The Bertz CT molecular complexity index is 1380. The zero-order chi connectivity index (χ0) is 20.4. The smallest absolute Gasteiger partial charge is 0.332 e. The minimum Gasteiger partial charge on any atom is -0.340 e. The Morgan fingerprint density at radius 2 is 1.55 bits per heavy atom. The van der Waals surface area contributed by atoms with Crippen LogP contribution in [0, 0.1) is 5.82 Å². The number of nitrogens with zero attached hydrogens (tertiary/aromatic N) is 2. The highest BCUT2D eigenvalue weighted by atomic mass is 19.1. The van der Waals surface area contributed by atoms with Gasteiger partial charge in [0.1, 0.15) is 11.6 Å². The number of allylic oxidation sites excluding steroid dienone is 1. The molecule has 1 atom stereocenters. The molecule has 0 fully saturated rings. The minimum atomic E-state index is -0.923. The van der Waals surface area contributed by atoms with E-state index in [1.807, 2.05) is 0 Å². The maximum Gasteiger partial charge on any atom is 0.332 e. The molecule has 0 unspecified atom stereocenters. The van der Waals surface area contributed by atoms with Crippen LogP contribution >= 0.6 is 0 Å². The number of hydrogen-bond donors (Lipinski definition) is 1. The quantitative estimate of drug-likeness (QED) is 0.694. The molecule has 0 saturated carbocycles. The molecule has 1 N–H and O–H groups in total. The molecule has 3 aromatic rings. The molecule has 29 heavy (non-hydrogen) atoms. The molecule has 1 aliphatic carbocycles. The molecule has 1 aromatic heterocycles. The fourth-order valence-electron chi connectivity index (χ4n) is 4.28. The number of hydrogen-bond acceptors (Lipinski definition) is 4. The van der Waals surface area contributed by atoms with Gasteiger partial charge in [0.15, 0.2) is 5.78 Å². The molecule has 0 saturated heterocycles. The Kier molecular flexibility index (Phi) is 3.52. The molecule has 7 heteroatoms. The van der Waals surface area contributed by atoms with Crippen LogP contribution < -0.4 is 16.6 Å². The van der Waals surface area contributed by atoms with Crippen molar-refractivity contribution in [1.82, 2.24) is 9.13 Å². The van der Waals surface area contributed by atoms with Crippen LogP contribution in [0.4, 0.5) is 10.2 Å². The Balaban J connectivity index is 1.92. The summed E-state index contributed by atoms with van der Waals surface area (Å²) < 4.78 is 17.2. The van der Waals surface area contributed by atoms with E-state index in [2.05, 4.69) is 5.32 Å². The first-order valence-electron chi connectivity index (χ1n) is 9.11. The van der Waals surface area contributed by atoms with Crippen LogP contribution in [-0.2, 0) is 14.1 Å². The fraction of sp³-hybridized carbons (Fsp3) is 0.136. The zero-order valence-corrected chi connectivity index (χ0v) is 15.7. The predicted molar refractivity (Wildman–Crippen MR) is 106 cm³/mol. The van der Waals surface area contributed by atoms with Gasteiger partial charge in [-0.2, -0.15) is 0 Å². The van der Waals surface area contributed by atoms with Gasteiger partial charge in [-0.3, -0.25) is 18.7 Å². The van der Waals surface area contributed by atoms with Crippen LogP contribution in [0.2, 0.25) is 0 Å². The predicted octanol–water partition coefficient (Wildman–Crippen LogP) is 2.39. The van der Waals surface area contributed by atoms with Crippen molar-refractivity contribution in [2.75, 3.05) is 5.32 Å². The number of halogens is 1. The molecule has 5 rings (SSSR count). The summed E-state index contributed by atoms with van der Waals surface area (Å²) in [6, 6.07) is 13.2. The van der Waals surface area contributed by atoms with E-state index in [4.69, 9.17) is 0 Å². The number of Topliss-reactive ketones (excluding diaryl/α,β-unsaturated/α-hetero) is 1. The molecule has 6 nitrogen and oxygen atoms in total. The number of benzene rings is 2. The topological polar surface area (TPSA) is 73.1 Å². The van der Waals surface area contributed by atoms with Gasteiger partial charge < -0.3 is 5.32 Å². The number of carbonyl (C=O) groups excluding carboxylic acids is 1. The molecule has 0 amide bonds. The Labute approximate surface area is 164 Å². The fourth-order valence-corrected chi connectivity index (χ4v) is 4.28. The average molecular weight is 389 g/mol. The van der Waals surface area contributed by atoms with Crippen molar-refractivity contribution in [1.29, 1.82) is 0 Å². The van der Waals surface area contributed by atoms with Crippen molar-refractivity contribution in [2.24, 2.45) is 14.1 Å². The van der Waals surface area contributed by atoms with Crippen molar-refractivity contribution in [3.8, 4) is 0 Å².